The van der Waals surface area contributed by atoms with Gasteiger partial charge in [-0.2, -0.15) is 0 Å². The molecule has 2 aromatic rings. The summed E-state index contributed by atoms with van der Waals surface area (Å²) >= 11 is 0. The van der Waals surface area contributed by atoms with Crippen molar-refractivity contribution in [1.29, 1.82) is 0 Å². The van der Waals surface area contributed by atoms with Crippen molar-refractivity contribution in [2.75, 3.05) is 57.8 Å². The molecule has 1 amide bonds. The largest absolute Gasteiger partial charge is 0.492 e. The number of hydrogen-bond donors (Lipinski definition) is 0. The average molecular weight is 428 g/mol. The zero-order chi connectivity index (χ0) is 22.4. The van der Waals surface area contributed by atoms with Crippen LogP contribution in [0.3, 0.4) is 0 Å². The number of Topliss-reactive ketones (excluding diaryl/α,β-unsaturated/α-hetero) is 1. The Morgan fingerprint density at radius 2 is 1.74 bits per heavy atom. The molecular weight excluding hydrogens is 397 g/mol. The van der Waals surface area contributed by atoms with E-state index in [0.29, 0.717) is 57.1 Å². The maximum atomic E-state index is 14.4. The van der Waals surface area contributed by atoms with Gasteiger partial charge in [-0.05, 0) is 51.2 Å². The van der Waals surface area contributed by atoms with Gasteiger partial charge in [0.1, 0.15) is 18.2 Å². The number of benzene rings is 2. The minimum atomic E-state index is -0.402. The quantitative estimate of drug-likeness (QED) is 0.607. The second-order valence-electron chi connectivity index (χ2n) is 7.99. The van der Waals surface area contributed by atoms with E-state index in [2.05, 4.69) is 0 Å². The number of rotatable bonds is 8. The van der Waals surface area contributed by atoms with Crippen LogP contribution in [0.5, 0.6) is 5.75 Å². The molecule has 166 valence electrons. The number of ketones is 1. The molecule has 0 N–H and O–H groups in total. The summed E-state index contributed by atoms with van der Waals surface area (Å²) < 4.78 is 20.1. The van der Waals surface area contributed by atoms with Gasteiger partial charge < -0.3 is 14.5 Å². The van der Waals surface area contributed by atoms with Gasteiger partial charge in [-0.1, -0.05) is 17.7 Å². The Morgan fingerprint density at radius 1 is 1.06 bits per heavy atom. The van der Waals surface area contributed by atoms with E-state index in [1.807, 2.05) is 52.9 Å². The monoisotopic (exact) mass is 427 g/mol. The fourth-order valence-corrected chi connectivity index (χ4v) is 3.54. The first-order valence-corrected chi connectivity index (χ1v) is 10.5. The number of anilines is 1. The van der Waals surface area contributed by atoms with E-state index < -0.39 is 5.82 Å². The third kappa shape index (κ3) is 6.28. The molecule has 1 fully saturated rings. The van der Waals surface area contributed by atoms with Gasteiger partial charge in [0.2, 0.25) is 5.91 Å². The van der Waals surface area contributed by atoms with Crippen molar-refractivity contribution in [3.05, 3.63) is 59.4 Å². The second-order valence-corrected chi connectivity index (χ2v) is 7.99. The lowest BCUT2D eigenvalue weighted by molar-refractivity contribution is -0.132. The van der Waals surface area contributed by atoms with Crippen molar-refractivity contribution in [3.8, 4) is 5.75 Å². The molecule has 7 heteroatoms. The summed E-state index contributed by atoms with van der Waals surface area (Å²) in [7, 11) is 1.90. The first-order valence-electron chi connectivity index (χ1n) is 10.5. The highest BCUT2D eigenvalue weighted by atomic mass is 19.1. The lowest BCUT2D eigenvalue weighted by Gasteiger charge is -2.37. The van der Waals surface area contributed by atoms with Gasteiger partial charge in [-0.15, -0.1) is 0 Å². The molecule has 0 unspecified atom stereocenters. The molecule has 3 rings (SSSR count). The molecule has 1 saturated heterocycles. The number of ether oxygens (including phenoxy) is 1. The smallest absolute Gasteiger partial charge is 0.236 e. The molecular formula is C24H30FN3O3. The fourth-order valence-electron chi connectivity index (χ4n) is 3.54. The molecule has 2 aromatic carbocycles. The van der Waals surface area contributed by atoms with E-state index >= 15 is 0 Å². The number of hydrogen-bond acceptors (Lipinski definition) is 5. The van der Waals surface area contributed by atoms with E-state index in [4.69, 9.17) is 4.74 Å². The van der Waals surface area contributed by atoms with E-state index in [9.17, 15) is 14.0 Å². The zero-order valence-corrected chi connectivity index (χ0v) is 18.4. The van der Waals surface area contributed by atoms with Crippen LogP contribution in [0.15, 0.2) is 42.5 Å². The molecule has 6 nitrogen and oxygen atoms in total. The van der Waals surface area contributed by atoms with Gasteiger partial charge >= 0.3 is 0 Å². The number of carbonyl (C=O) groups excluding carboxylic acids is 2. The van der Waals surface area contributed by atoms with E-state index in [1.165, 1.54) is 18.6 Å². The summed E-state index contributed by atoms with van der Waals surface area (Å²) in [5.74, 6) is 0.324. The standard InChI is InChI=1S/C24H30FN3O3/c1-18-4-7-21(8-5-18)31-15-14-26(3)17-24(30)28-12-10-27(11-13-28)23-9-6-20(19(2)29)16-22(23)25/h4-9,16H,10-15,17H2,1-3H3. The summed E-state index contributed by atoms with van der Waals surface area (Å²) in [5.41, 5.74) is 2.03. The van der Waals surface area contributed by atoms with E-state index in [1.54, 1.807) is 12.1 Å². The van der Waals surface area contributed by atoms with Crippen LogP contribution in [0.1, 0.15) is 22.8 Å². The minimum Gasteiger partial charge on any atom is -0.492 e. The molecule has 0 atom stereocenters. The van der Waals surface area contributed by atoms with Gasteiger partial charge in [-0.25, -0.2) is 4.39 Å². The van der Waals surface area contributed by atoms with Crippen molar-refractivity contribution >= 4 is 17.4 Å². The van der Waals surface area contributed by atoms with Crippen LogP contribution in [0.4, 0.5) is 10.1 Å². The summed E-state index contributed by atoms with van der Waals surface area (Å²) in [6, 6.07) is 12.5. The van der Waals surface area contributed by atoms with Crippen LogP contribution in [0.2, 0.25) is 0 Å². The van der Waals surface area contributed by atoms with Crippen molar-refractivity contribution < 1.29 is 18.7 Å². The highest BCUT2D eigenvalue weighted by Gasteiger charge is 2.23. The van der Waals surface area contributed by atoms with E-state index in [0.717, 1.165) is 5.75 Å². The molecule has 0 aliphatic carbocycles. The van der Waals surface area contributed by atoms with Crippen LogP contribution < -0.4 is 9.64 Å². The van der Waals surface area contributed by atoms with Gasteiger partial charge in [0.25, 0.3) is 0 Å². The summed E-state index contributed by atoms with van der Waals surface area (Å²) in [6.07, 6.45) is 0. The van der Waals surface area contributed by atoms with Crippen molar-refractivity contribution in [3.63, 3.8) is 0 Å². The summed E-state index contributed by atoms with van der Waals surface area (Å²) in [6.45, 7) is 7.13. The molecule has 0 spiro atoms. The maximum Gasteiger partial charge on any atom is 0.236 e. The number of amides is 1. The van der Waals surface area contributed by atoms with Crippen molar-refractivity contribution in [2.24, 2.45) is 0 Å². The van der Waals surface area contributed by atoms with Gasteiger partial charge in [0.05, 0.1) is 12.2 Å². The van der Waals surface area contributed by atoms with E-state index in [-0.39, 0.29) is 11.7 Å². The maximum absolute atomic E-state index is 14.4. The topological polar surface area (TPSA) is 53.1 Å². The Labute approximate surface area is 183 Å². The number of carbonyl (C=O) groups is 2. The number of halogens is 1. The number of piperazine rings is 1. The van der Waals surface area contributed by atoms with Crippen LogP contribution in [0.25, 0.3) is 0 Å². The Bertz CT molecular complexity index is 909. The minimum absolute atomic E-state index is 0.0601. The third-order valence-electron chi connectivity index (χ3n) is 5.50. The average Bonchev–Trinajstić information content (AvgIpc) is 2.75. The Hall–Kier alpha value is -2.93. The molecule has 31 heavy (non-hydrogen) atoms. The SMILES string of the molecule is CC(=O)c1ccc(N2CCN(C(=O)CN(C)CCOc3ccc(C)cc3)CC2)c(F)c1. The van der Waals surface area contributed by atoms with Crippen LogP contribution in [0, 0.1) is 12.7 Å². The number of likely N-dealkylation sites (N-methyl/N-ethyl adjacent to an activating group) is 1. The fraction of sp³-hybridized carbons (Fsp3) is 0.417. The normalized spacial score (nSPS) is 14.1. The highest BCUT2D eigenvalue weighted by Crippen LogP contribution is 2.22. The third-order valence-corrected chi connectivity index (χ3v) is 5.50. The van der Waals surface area contributed by atoms with Gasteiger partial charge in [0.15, 0.2) is 5.78 Å². The van der Waals surface area contributed by atoms with Gasteiger partial charge in [-0.3, -0.25) is 14.5 Å². The predicted molar refractivity (Wildman–Crippen MR) is 119 cm³/mol. The van der Waals surface area contributed by atoms with Crippen molar-refractivity contribution in [2.45, 2.75) is 13.8 Å². The molecule has 1 heterocycles. The number of aryl methyl sites for hydroxylation is 1. The highest BCUT2D eigenvalue weighted by molar-refractivity contribution is 5.94. The lowest BCUT2D eigenvalue weighted by atomic mass is 10.1. The Kier molecular flexibility index (Phi) is 7.63. The number of nitrogens with zero attached hydrogens (tertiary/aromatic N) is 3. The molecule has 0 radical (unpaired) electrons. The van der Waals surface area contributed by atoms with Crippen LogP contribution in [-0.4, -0.2) is 74.4 Å². The van der Waals surface area contributed by atoms with Gasteiger partial charge in [0, 0.05) is 38.3 Å². The Balaban J connectivity index is 1.42. The molecule has 0 aromatic heterocycles. The summed E-state index contributed by atoms with van der Waals surface area (Å²) in [4.78, 5) is 29.7. The van der Waals surface area contributed by atoms with Crippen LogP contribution in [-0.2, 0) is 4.79 Å². The van der Waals surface area contributed by atoms with Crippen LogP contribution >= 0.6 is 0 Å². The summed E-state index contributed by atoms with van der Waals surface area (Å²) in [5, 5.41) is 0. The molecule has 0 saturated carbocycles. The second kappa shape index (κ2) is 10.4. The first-order chi connectivity index (χ1) is 14.8. The van der Waals surface area contributed by atoms with Crippen molar-refractivity contribution in [1.82, 2.24) is 9.80 Å². The zero-order valence-electron chi connectivity index (χ0n) is 18.4. The predicted octanol–water partition coefficient (Wildman–Crippen LogP) is 3.00. The molecule has 1 aliphatic heterocycles. The molecule has 1 aliphatic rings. The lowest BCUT2D eigenvalue weighted by Crippen LogP contribution is -2.51. The first kappa shape index (κ1) is 22.7. The molecule has 0 bridgehead atoms. The Morgan fingerprint density at radius 3 is 2.35 bits per heavy atom.